The van der Waals surface area contributed by atoms with Crippen molar-refractivity contribution < 1.29 is 4.79 Å². The van der Waals surface area contributed by atoms with Gasteiger partial charge in [0.05, 0.1) is 16.4 Å². The van der Waals surface area contributed by atoms with Crippen LogP contribution in [-0.4, -0.2) is 20.3 Å². The van der Waals surface area contributed by atoms with E-state index in [9.17, 15) is 4.79 Å². The molecule has 0 radical (unpaired) electrons. The van der Waals surface area contributed by atoms with Gasteiger partial charge in [0.1, 0.15) is 0 Å². The molecule has 0 spiro atoms. The smallest absolute Gasteiger partial charge is 0.240 e. The van der Waals surface area contributed by atoms with Crippen LogP contribution >= 0.6 is 11.3 Å². The van der Waals surface area contributed by atoms with Crippen LogP contribution in [0.4, 0.5) is 0 Å². The summed E-state index contributed by atoms with van der Waals surface area (Å²) in [6.07, 6.45) is 4.74. The van der Waals surface area contributed by atoms with Crippen molar-refractivity contribution in [3.63, 3.8) is 0 Å². The van der Waals surface area contributed by atoms with Crippen LogP contribution in [0.25, 0.3) is 10.2 Å². The lowest BCUT2D eigenvalue weighted by Gasteiger charge is -1.98. The molecule has 7 heteroatoms. The van der Waals surface area contributed by atoms with Crippen LogP contribution < -0.4 is 10.2 Å². The summed E-state index contributed by atoms with van der Waals surface area (Å²) >= 11 is 1.55. The van der Waals surface area contributed by atoms with E-state index < -0.39 is 0 Å². The standard InChI is InChI=1S/C15H17N5OS/c1-19-10-11(9-16-19)7-8-14(21)17-18-15-20(2)12-5-3-4-6-13(12)22-15/h3-6,9-10H,7-8H2,1-2H3,(H,17,21)/b18-15-. The average Bonchev–Trinajstić information content (AvgIpc) is 3.07. The molecule has 0 aliphatic rings. The molecular formula is C15H17N5OS. The Bertz CT molecular complexity index is 873. The second-order valence-corrected chi connectivity index (χ2v) is 6.09. The number of hydrogen-bond donors (Lipinski definition) is 1. The van der Waals surface area contributed by atoms with Crippen LogP contribution in [0.15, 0.2) is 41.8 Å². The van der Waals surface area contributed by atoms with E-state index in [-0.39, 0.29) is 5.91 Å². The Kier molecular flexibility index (Phi) is 4.06. The number of aryl methyl sites for hydroxylation is 3. The third kappa shape index (κ3) is 3.09. The molecule has 0 saturated carbocycles. The fourth-order valence-electron chi connectivity index (χ4n) is 2.21. The molecule has 0 unspecified atom stereocenters. The number of carbonyl (C=O) groups excluding carboxylic acids is 1. The molecule has 2 heterocycles. The molecule has 0 saturated heterocycles. The first-order valence-corrected chi connectivity index (χ1v) is 7.80. The molecule has 3 aromatic rings. The van der Waals surface area contributed by atoms with Gasteiger partial charge in [-0.05, 0) is 24.1 Å². The van der Waals surface area contributed by atoms with Crippen LogP contribution in [0, 0.1) is 0 Å². The van der Waals surface area contributed by atoms with Crippen molar-refractivity contribution in [1.82, 2.24) is 19.8 Å². The highest BCUT2D eigenvalue weighted by molar-refractivity contribution is 7.16. The topological polar surface area (TPSA) is 64.2 Å². The Balaban J connectivity index is 1.67. The minimum atomic E-state index is -0.0960. The maximum atomic E-state index is 11.9. The monoisotopic (exact) mass is 315 g/mol. The Morgan fingerprint density at radius 3 is 2.91 bits per heavy atom. The van der Waals surface area contributed by atoms with Gasteiger partial charge in [-0.1, -0.05) is 23.5 Å². The highest BCUT2D eigenvalue weighted by Crippen LogP contribution is 2.14. The number of thiazole rings is 1. The second-order valence-electron chi connectivity index (χ2n) is 5.08. The van der Waals surface area contributed by atoms with E-state index in [1.165, 1.54) is 0 Å². The van der Waals surface area contributed by atoms with Crippen LogP contribution in [0.3, 0.4) is 0 Å². The lowest BCUT2D eigenvalue weighted by atomic mass is 10.2. The molecule has 1 amide bonds. The third-order valence-corrected chi connectivity index (χ3v) is 4.50. The molecule has 0 atom stereocenters. The molecule has 2 aromatic heterocycles. The van der Waals surface area contributed by atoms with Gasteiger partial charge in [-0.15, -0.1) is 5.10 Å². The van der Waals surface area contributed by atoms with E-state index in [0.29, 0.717) is 12.8 Å². The minimum Gasteiger partial charge on any atom is -0.318 e. The van der Waals surface area contributed by atoms with Crippen molar-refractivity contribution in [1.29, 1.82) is 0 Å². The van der Waals surface area contributed by atoms with Crippen LogP contribution in [0.2, 0.25) is 0 Å². The van der Waals surface area contributed by atoms with E-state index in [4.69, 9.17) is 0 Å². The van der Waals surface area contributed by atoms with Crippen molar-refractivity contribution in [3.8, 4) is 0 Å². The van der Waals surface area contributed by atoms with Gasteiger partial charge in [0, 0.05) is 26.7 Å². The Morgan fingerprint density at radius 1 is 1.36 bits per heavy atom. The van der Waals surface area contributed by atoms with Crippen molar-refractivity contribution >= 4 is 27.5 Å². The Morgan fingerprint density at radius 2 is 2.18 bits per heavy atom. The number of fused-ring (bicyclic) bond motifs is 1. The van der Waals surface area contributed by atoms with Gasteiger partial charge in [0.2, 0.25) is 10.7 Å². The van der Waals surface area contributed by atoms with Gasteiger partial charge in [-0.2, -0.15) is 5.10 Å². The van der Waals surface area contributed by atoms with Crippen LogP contribution in [0.5, 0.6) is 0 Å². The molecule has 22 heavy (non-hydrogen) atoms. The molecule has 1 N–H and O–H groups in total. The van der Waals surface area contributed by atoms with Crippen molar-refractivity contribution in [3.05, 3.63) is 47.0 Å². The maximum Gasteiger partial charge on any atom is 0.240 e. The Labute approximate surface area is 131 Å². The molecule has 0 bridgehead atoms. The number of para-hydroxylation sites is 1. The molecule has 3 rings (SSSR count). The largest absolute Gasteiger partial charge is 0.318 e. The van der Waals surface area contributed by atoms with E-state index >= 15 is 0 Å². The molecule has 0 aliphatic heterocycles. The summed E-state index contributed by atoms with van der Waals surface area (Å²) in [5, 5.41) is 8.31. The van der Waals surface area contributed by atoms with Gasteiger partial charge < -0.3 is 4.57 Å². The van der Waals surface area contributed by atoms with E-state index in [0.717, 1.165) is 20.6 Å². The van der Waals surface area contributed by atoms with Crippen molar-refractivity contribution in [2.45, 2.75) is 12.8 Å². The summed E-state index contributed by atoms with van der Waals surface area (Å²) in [5.41, 5.74) is 4.78. The zero-order valence-corrected chi connectivity index (χ0v) is 13.3. The van der Waals surface area contributed by atoms with E-state index in [1.54, 1.807) is 22.2 Å². The molecule has 1 aromatic carbocycles. The third-order valence-electron chi connectivity index (χ3n) is 3.39. The summed E-state index contributed by atoms with van der Waals surface area (Å²) in [6.45, 7) is 0. The van der Waals surface area contributed by atoms with Crippen molar-refractivity contribution in [2.24, 2.45) is 19.2 Å². The first kappa shape index (κ1) is 14.5. The average molecular weight is 315 g/mol. The van der Waals surface area contributed by atoms with Gasteiger partial charge in [0.25, 0.3) is 0 Å². The fourth-order valence-corrected chi connectivity index (χ4v) is 3.19. The lowest BCUT2D eigenvalue weighted by Crippen LogP contribution is -2.23. The SMILES string of the molecule is Cn1cc(CCC(=O)N/N=c2\sc3ccccc3n2C)cn1. The quantitative estimate of drug-likeness (QED) is 0.742. The molecule has 0 aliphatic carbocycles. The zero-order valence-electron chi connectivity index (χ0n) is 12.5. The molecule has 0 fully saturated rings. The number of nitrogens with zero attached hydrogens (tertiary/aromatic N) is 4. The van der Waals surface area contributed by atoms with Gasteiger partial charge >= 0.3 is 0 Å². The fraction of sp³-hybridized carbons (Fsp3) is 0.267. The van der Waals surface area contributed by atoms with Gasteiger partial charge in [-0.3, -0.25) is 9.48 Å². The first-order valence-electron chi connectivity index (χ1n) is 6.98. The highest BCUT2D eigenvalue weighted by atomic mass is 32.1. The number of rotatable bonds is 4. The highest BCUT2D eigenvalue weighted by Gasteiger charge is 2.04. The summed E-state index contributed by atoms with van der Waals surface area (Å²) in [7, 11) is 3.81. The normalized spacial score (nSPS) is 12.0. The number of carbonyl (C=O) groups is 1. The minimum absolute atomic E-state index is 0.0960. The number of amides is 1. The number of aromatic nitrogens is 3. The predicted molar refractivity (Wildman–Crippen MR) is 86.0 cm³/mol. The van der Waals surface area contributed by atoms with E-state index in [1.807, 2.05) is 49.1 Å². The molecule has 114 valence electrons. The summed E-state index contributed by atoms with van der Waals surface area (Å²) in [4.78, 5) is 12.7. The lowest BCUT2D eigenvalue weighted by molar-refractivity contribution is -0.121. The van der Waals surface area contributed by atoms with E-state index in [2.05, 4.69) is 15.6 Å². The van der Waals surface area contributed by atoms with Gasteiger partial charge in [0.15, 0.2) is 0 Å². The summed E-state index contributed by atoms with van der Waals surface area (Å²) < 4.78 is 4.85. The molecule has 6 nitrogen and oxygen atoms in total. The zero-order chi connectivity index (χ0) is 15.5. The second kappa shape index (κ2) is 6.15. The van der Waals surface area contributed by atoms with Crippen LogP contribution in [0.1, 0.15) is 12.0 Å². The first-order chi connectivity index (χ1) is 10.6. The van der Waals surface area contributed by atoms with Crippen LogP contribution in [-0.2, 0) is 25.3 Å². The van der Waals surface area contributed by atoms with Gasteiger partial charge in [-0.25, -0.2) is 5.43 Å². The summed E-state index contributed by atoms with van der Waals surface area (Å²) in [5.74, 6) is -0.0960. The number of hydrogen-bond acceptors (Lipinski definition) is 4. The number of benzene rings is 1. The number of nitrogens with one attached hydrogen (secondary N) is 1. The predicted octanol–water partition coefficient (Wildman–Crippen LogP) is 1.54. The maximum absolute atomic E-state index is 11.9. The van der Waals surface area contributed by atoms with Crippen molar-refractivity contribution in [2.75, 3.05) is 0 Å². The molecular weight excluding hydrogens is 298 g/mol. The summed E-state index contributed by atoms with van der Waals surface area (Å²) in [6, 6.07) is 8.07. The Hall–Kier alpha value is -2.41.